The summed E-state index contributed by atoms with van der Waals surface area (Å²) < 4.78 is 29.6. The van der Waals surface area contributed by atoms with E-state index in [2.05, 4.69) is 6.08 Å². The molecule has 0 bridgehead atoms. The van der Waals surface area contributed by atoms with Gasteiger partial charge in [0.2, 0.25) is 0 Å². The van der Waals surface area contributed by atoms with E-state index in [0.717, 1.165) is 17.8 Å². The van der Waals surface area contributed by atoms with Gasteiger partial charge in [-0.25, -0.2) is 0 Å². The molecule has 0 atom stereocenters. The number of nitrogens with zero attached hydrogens (tertiary/aromatic N) is 1. The highest BCUT2D eigenvalue weighted by molar-refractivity contribution is 7.85. The molecule has 0 aromatic heterocycles. The molecule has 0 aliphatic carbocycles. The molecule has 6 heteroatoms. The van der Waals surface area contributed by atoms with E-state index in [9.17, 15) is 8.42 Å². The van der Waals surface area contributed by atoms with Crippen molar-refractivity contribution in [2.75, 3.05) is 13.7 Å². The van der Waals surface area contributed by atoms with Gasteiger partial charge in [-0.3, -0.25) is 14.5 Å². The van der Waals surface area contributed by atoms with Crippen molar-refractivity contribution in [3.8, 4) is 0 Å². The minimum Gasteiger partial charge on any atom is -0.282 e. The normalized spacial score (nSPS) is 14.4. The molecule has 0 amide bonds. The van der Waals surface area contributed by atoms with Crippen LogP contribution < -0.4 is 0 Å². The van der Waals surface area contributed by atoms with Gasteiger partial charge in [-0.2, -0.15) is 8.42 Å². The molecule has 0 saturated carbocycles. The second kappa shape index (κ2) is 7.23. The second-order valence-electron chi connectivity index (χ2n) is 4.27. The van der Waals surface area contributed by atoms with Gasteiger partial charge in [-0.15, -0.1) is 0 Å². The fraction of sp³-hybridized carbons (Fsp3) is 0.286. The van der Waals surface area contributed by atoms with Crippen LogP contribution in [-0.2, 0) is 15.0 Å². The van der Waals surface area contributed by atoms with Crippen LogP contribution in [0, 0.1) is 6.92 Å². The maximum absolute atomic E-state index is 10.5. The molecule has 2 rings (SSSR count). The van der Waals surface area contributed by atoms with Crippen LogP contribution in [0.15, 0.2) is 53.1 Å². The molecule has 1 aliphatic rings. The summed E-state index contributed by atoms with van der Waals surface area (Å²) >= 11 is 0. The molecule has 0 radical (unpaired) electrons. The topological polar surface area (TPSA) is 66.8 Å². The lowest BCUT2D eigenvalue weighted by atomic mass is 10.2. The van der Waals surface area contributed by atoms with E-state index in [0.29, 0.717) is 0 Å². The molecule has 1 heterocycles. The van der Waals surface area contributed by atoms with E-state index < -0.39 is 10.1 Å². The fourth-order valence-electron chi connectivity index (χ4n) is 1.52. The monoisotopic (exact) mass is 297 g/mol. The third-order valence-corrected chi connectivity index (χ3v) is 3.55. The molecule has 0 saturated heterocycles. The Morgan fingerprint density at radius 3 is 2.20 bits per heavy atom. The number of rotatable bonds is 2. The average molecular weight is 297 g/mol. The van der Waals surface area contributed by atoms with Crippen molar-refractivity contribution in [3.05, 3.63) is 53.8 Å². The van der Waals surface area contributed by atoms with Crippen molar-refractivity contribution in [2.24, 2.45) is 0 Å². The number of hydrogen-bond acceptors (Lipinski definition) is 4. The van der Waals surface area contributed by atoms with Crippen molar-refractivity contribution >= 4 is 10.1 Å². The lowest BCUT2D eigenvalue weighted by Gasteiger charge is -2.22. The smallest absolute Gasteiger partial charge is 0.282 e. The Balaban J connectivity index is 0.000000204. The predicted molar refractivity (Wildman–Crippen MR) is 77.6 cm³/mol. The van der Waals surface area contributed by atoms with Crippen molar-refractivity contribution in [2.45, 2.75) is 18.7 Å². The highest BCUT2D eigenvalue weighted by atomic mass is 32.2. The van der Waals surface area contributed by atoms with Gasteiger partial charge < -0.3 is 0 Å². The van der Waals surface area contributed by atoms with Gasteiger partial charge in [0.15, 0.2) is 0 Å². The standard InChI is InChI=1S/C7H11NO.C7H8O3S/c1-7-5-3-4-6-8(7)9-2;1-6-2-4-7(5-3-6)11(8,9)10/h3-5H,6H2,1-2H3;2-5H,1H3,(H,8,9,10). The maximum atomic E-state index is 10.5. The summed E-state index contributed by atoms with van der Waals surface area (Å²) in [6.45, 7) is 4.72. The molecule has 20 heavy (non-hydrogen) atoms. The summed E-state index contributed by atoms with van der Waals surface area (Å²) in [6.07, 6.45) is 6.11. The molecule has 1 aliphatic heterocycles. The number of benzene rings is 1. The first-order valence-corrected chi connectivity index (χ1v) is 7.48. The van der Waals surface area contributed by atoms with E-state index >= 15 is 0 Å². The molecule has 0 fully saturated rings. The summed E-state index contributed by atoms with van der Waals surface area (Å²) in [7, 11) is -2.34. The highest BCUT2D eigenvalue weighted by Gasteiger charge is 2.06. The van der Waals surface area contributed by atoms with Crippen LogP contribution in [0.4, 0.5) is 0 Å². The zero-order chi connectivity index (χ0) is 15.2. The molecular weight excluding hydrogens is 278 g/mol. The van der Waals surface area contributed by atoms with Crippen LogP contribution in [0.3, 0.4) is 0 Å². The SMILES string of the molecule is CON1CC=CC=C1C.Cc1ccc(S(=O)(=O)O)cc1. The van der Waals surface area contributed by atoms with Gasteiger partial charge >= 0.3 is 0 Å². The third kappa shape index (κ3) is 5.16. The molecule has 5 nitrogen and oxygen atoms in total. The lowest BCUT2D eigenvalue weighted by Crippen LogP contribution is -2.21. The minimum absolute atomic E-state index is 0.0666. The summed E-state index contributed by atoms with van der Waals surface area (Å²) in [4.78, 5) is 4.95. The van der Waals surface area contributed by atoms with Gasteiger partial charge in [0.1, 0.15) is 0 Å². The zero-order valence-electron chi connectivity index (χ0n) is 11.8. The second-order valence-corrected chi connectivity index (χ2v) is 5.69. The fourth-order valence-corrected chi connectivity index (χ4v) is 2.00. The molecule has 0 unspecified atom stereocenters. The van der Waals surface area contributed by atoms with Gasteiger partial charge in [0.05, 0.1) is 18.6 Å². The van der Waals surface area contributed by atoms with Gasteiger partial charge in [-0.1, -0.05) is 29.8 Å². The van der Waals surface area contributed by atoms with Gasteiger partial charge in [-0.05, 0) is 32.1 Å². The Hall–Kier alpha value is -1.63. The van der Waals surface area contributed by atoms with Crippen molar-refractivity contribution in [3.63, 3.8) is 0 Å². The largest absolute Gasteiger partial charge is 0.294 e. The highest BCUT2D eigenvalue weighted by Crippen LogP contribution is 2.08. The Bertz CT molecular complexity index is 588. The lowest BCUT2D eigenvalue weighted by molar-refractivity contribution is -0.0915. The van der Waals surface area contributed by atoms with Crippen molar-refractivity contribution in [1.29, 1.82) is 0 Å². The predicted octanol–water partition coefficient (Wildman–Crippen LogP) is 2.57. The van der Waals surface area contributed by atoms with Crippen LogP contribution in [0.25, 0.3) is 0 Å². The minimum atomic E-state index is -4.02. The molecule has 0 spiro atoms. The van der Waals surface area contributed by atoms with Gasteiger partial charge in [0, 0.05) is 5.70 Å². The number of allylic oxidation sites excluding steroid dienone is 3. The first kappa shape index (κ1) is 16.4. The van der Waals surface area contributed by atoms with E-state index in [1.165, 1.54) is 12.1 Å². The Labute approximate surface area is 119 Å². The summed E-state index contributed by atoms with van der Waals surface area (Å²) in [6, 6.07) is 5.99. The Morgan fingerprint density at radius 1 is 1.20 bits per heavy atom. The molecule has 110 valence electrons. The van der Waals surface area contributed by atoms with Crippen molar-refractivity contribution < 1.29 is 17.8 Å². The Kier molecular flexibility index (Phi) is 5.94. The van der Waals surface area contributed by atoms with E-state index in [1.54, 1.807) is 19.2 Å². The summed E-state index contributed by atoms with van der Waals surface area (Å²) in [5.41, 5.74) is 2.11. The number of hydroxylamine groups is 2. The van der Waals surface area contributed by atoms with Gasteiger partial charge in [0.25, 0.3) is 10.1 Å². The first-order valence-electron chi connectivity index (χ1n) is 6.04. The zero-order valence-corrected chi connectivity index (χ0v) is 12.6. The maximum Gasteiger partial charge on any atom is 0.294 e. The quantitative estimate of drug-likeness (QED) is 0.850. The molecular formula is C14H19NO4S. The van der Waals surface area contributed by atoms with Crippen LogP contribution in [-0.4, -0.2) is 31.7 Å². The molecule has 1 aromatic carbocycles. The summed E-state index contributed by atoms with van der Waals surface area (Å²) in [5, 5.41) is 1.83. The third-order valence-electron chi connectivity index (χ3n) is 2.68. The average Bonchev–Trinajstić information content (AvgIpc) is 2.39. The first-order chi connectivity index (χ1) is 9.34. The molecule has 1 N–H and O–H groups in total. The van der Waals surface area contributed by atoms with Crippen LogP contribution >= 0.6 is 0 Å². The van der Waals surface area contributed by atoms with Crippen LogP contribution in [0.2, 0.25) is 0 Å². The summed E-state index contributed by atoms with van der Waals surface area (Å²) in [5.74, 6) is 0. The number of hydrogen-bond donors (Lipinski definition) is 1. The van der Waals surface area contributed by atoms with E-state index in [4.69, 9.17) is 9.39 Å². The number of aryl methyl sites for hydroxylation is 1. The van der Waals surface area contributed by atoms with Crippen LogP contribution in [0.5, 0.6) is 0 Å². The van der Waals surface area contributed by atoms with E-state index in [-0.39, 0.29) is 4.90 Å². The Morgan fingerprint density at radius 2 is 1.80 bits per heavy atom. The van der Waals surface area contributed by atoms with Crippen LogP contribution in [0.1, 0.15) is 12.5 Å². The van der Waals surface area contributed by atoms with Crippen molar-refractivity contribution in [1.82, 2.24) is 5.06 Å². The molecule has 1 aromatic rings. The van der Waals surface area contributed by atoms with E-state index in [1.807, 2.05) is 31.1 Å².